The number of likely N-dealkylation sites (N-methyl/N-ethyl adjacent to an activating group) is 1. The summed E-state index contributed by atoms with van der Waals surface area (Å²) in [5.41, 5.74) is 3.91. The van der Waals surface area contributed by atoms with Gasteiger partial charge in [0.1, 0.15) is 0 Å². The first-order valence-electron chi connectivity index (χ1n) is 9.66. The smallest absolute Gasteiger partial charge is 0.0946 e. The molecule has 1 unspecified atom stereocenters. The first-order valence-corrected chi connectivity index (χ1v) is 9.66. The fourth-order valence-corrected chi connectivity index (χ4v) is 4.30. The lowest BCUT2D eigenvalue weighted by atomic mass is 10.0. The molecule has 0 bridgehead atoms. The van der Waals surface area contributed by atoms with Crippen LogP contribution in [-0.4, -0.2) is 58.3 Å². The Morgan fingerprint density at radius 3 is 3.00 bits per heavy atom. The number of nitrogens with zero attached hydrogens (tertiary/aromatic N) is 4. The summed E-state index contributed by atoms with van der Waals surface area (Å²) in [6.07, 6.45) is 10.4. The number of aryl methyl sites for hydroxylation is 3. The Morgan fingerprint density at radius 2 is 2.15 bits per heavy atom. The lowest BCUT2D eigenvalue weighted by Crippen LogP contribution is -2.49. The molecule has 0 spiro atoms. The quantitative estimate of drug-likeness (QED) is 0.847. The molecule has 6 nitrogen and oxygen atoms in total. The molecule has 4 rings (SSSR count). The van der Waals surface area contributed by atoms with E-state index in [1.807, 2.05) is 18.7 Å². The van der Waals surface area contributed by atoms with Gasteiger partial charge in [-0.25, -0.2) is 4.98 Å². The molecule has 6 heteroatoms. The van der Waals surface area contributed by atoms with Gasteiger partial charge in [-0.15, -0.1) is 0 Å². The molecule has 0 radical (unpaired) electrons. The topological polar surface area (TPSA) is 55.2 Å². The van der Waals surface area contributed by atoms with Crippen molar-refractivity contribution in [1.82, 2.24) is 24.8 Å². The van der Waals surface area contributed by atoms with Gasteiger partial charge in [-0.3, -0.25) is 9.88 Å². The van der Waals surface area contributed by atoms with Gasteiger partial charge < -0.3 is 14.6 Å². The number of hydrogen-bond acceptors (Lipinski definition) is 5. The van der Waals surface area contributed by atoms with Crippen LogP contribution in [0.1, 0.15) is 35.8 Å². The third-order valence-corrected chi connectivity index (χ3v) is 5.84. The number of aromatic nitrogens is 3. The van der Waals surface area contributed by atoms with Crippen LogP contribution in [0, 0.1) is 0 Å². The number of fused-ring (bicyclic) bond motifs is 1. The van der Waals surface area contributed by atoms with Gasteiger partial charge in [0.2, 0.25) is 0 Å². The molecule has 140 valence electrons. The van der Waals surface area contributed by atoms with Gasteiger partial charge in [-0.1, -0.05) is 6.07 Å². The second-order valence-electron chi connectivity index (χ2n) is 7.56. The average Bonchev–Trinajstić information content (AvgIpc) is 2.96. The predicted molar refractivity (Wildman–Crippen MR) is 101 cm³/mol. The minimum Gasteiger partial charge on any atom is -0.374 e. The molecular weight excluding hydrogens is 326 g/mol. The van der Waals surface area contributed by atoms with Crippen molar-refractivity contribution in [2.75, 3.05) is 26.7 Å². The van der Waals surface area contributed by atoms with E-state index in [0.29, 0.717) is 6.04 Å². The van der Waals surface area contributed by atoms with Crippen molar-refractivity contribution in [2.45, 2.75) is 43.9 Å². The highest BCUT2D eigenvalue weighted by atomic mass is 16.5. The molecule has 2 aromatic rings. The van der Waals surface area contributed by atoms with Crippen molar-refractivity contribution in [3.63, 3.8) is 0 Å². The molecule has 1 aliphatic heterocycles. The van der Waals surface area contributed by atoms with Crippen LogP contribution >= 0.6 is 0 Å². The molecule has 0 saturated carbocycles. The second-order valence-corrected chi connectivity index (χ2v) is 7.56. The third kappa shape index (κ3) is 3.68. The van der Waals surface area contributed by atoms with Crippen molar-refractivity contribution in [3.8, 4) is 0 Å². The minimum absolute atomic E-state index is 0.146. The summed E-state index contributed by atoms with van der Waals surface area (Å²) in [5, 5.41) is 3.79. The SMILES string of the molecule is CN1CCO[C@@H](CNC2CCc3cccnc3CC2)[C@@H]1c1cncn1C. The molecule has 2 aliphatic rings. The van der Waals surface area contributed by atoms with Gasteiger partial charge in [0, 0.05) is 44.3 Å². The van der Waals surface area contributed by atoms with Crippen molar-refractivity contribution < 1.29 is 4.74 Å². The van der Waals surface area contributed by atoms with Gasteiger partial charge in [0.25, 0.3) is 0 Å². The fraction of sp³-hybridized carbons (Fsp3) is 0.600. The number of ether oxygens (including phenoxy) is 1. The maximum Gasteiger partial charge on any atom is 0.0946 e. The fourth-order valence-electron chi connectivity index (χ4n) is 4.30. The monoisotopic (exact) mass is 355 g/mol. The molecule has 1 fully saturated rings. The lowest BCUT2D eigenvalue weighted by Gasteiger charge is -2.39. The molecule has 0 aromatic carbocycles. The lowest BCUT2D eigenvalue weighted by molar-refractivity contribution is -0.0645. The van der Waals surface area contributed by atoms with E-state index >= 15 is 0 Å². The number of rotatable bonds is 4. The summed E-state index contributed by atoms with van der Waals surface area (Å²) >= 11 is 0. The molecule has 2 aromatic heterocycles. The Labute approximate surface area is 155 Å². The van der Waals surface area contributed by atoms with Crippen LogP contribution in [0.3, 0.4) is 0 Å². The number of hydrogen-bond donors (Lipinski definition) is 1. The summed E-state index contributed by atoms with van der Waals surface area (Å²) in [6.45, 7) is 2.61. The highest BCUT2D eigenvalue weighted by Crippen LogP contribution is 2.28. The minimum atomic E-state index is 0.146. The number of morpholine rings is 1. The van der Waals surface area contributed by atoms with E-state index in [1.54, 1.807) is 0 Å². The van der Waals surface area contributed by atoms with Gasteiger partial charge in [-0.05, 0) is 44.4 Å². The largest absolute Gasteiger partial charge is 0.374 e. The normalized spacial score (nSPS) is 27.1. The van der Waals surface area contributed by atoms with Gasteiger partial charge in [0.05, 0.1) is 30.8 Å². The van der Waals surface area contributed by atoms with Crippen molar-refractivity contribution in [3.05, 3.63) is 47.8 Å². The zero-order chi connectivity index (χ0) is 17.9. The molecule has 1 N–H and O–H groups in total. The molecule has 1 aliphatic carbocycles. The Kier molecular flexibility index (Phi) is 5.33. The Morgan fingerprint density at radius 1 is 1.27 bits per heavy atom. The van der Waals surface area contributed by atoms with E-state index in [1.165, 1.54) is 17.0 Å². The summed E-state index contributed by atoms with van der Waals surface area (Å²) in [7, 11) is 4.24. The summed E-state index contributed by atoms with van der Waals surface area (Å²) < 4.78 is 8.27. The number of pyridine rings is 1. The molecular formula is C20H29N5O. The van der Waals surface area contributed by atoms with E-state index in [-0.39, 0.29) is 12.1 Å². The van der Waals surface area contributed by atoms with E-state index in [9.17, 15) is 0 Å². The van der Waals surface area contributed by atoms with E-state index in [0.717, 1.165) is 45.4 Å². The predicted octanol–water partition coefficient (Wildman–Crippen LogP) is 1.72. The highest BCUT2D eigenvalue weighted by Gasteiger charge is 2.33. The van der Waals surface area contributed by atoms with E-state index < -0.39 is 0 Å². The first-order chi connectivity index (χ1) is 12.7. The Balaban J connectivity index is 1.39. The molecule has 1 saturated heterocycles. The third-order valence-electron chi connectivity index (χ3n) is 5.84. The second kappa shape index (κ2) is 7.86. The van der Waals surface area contributed by atoms with E-state index in [4.69, 9.17) is 4.74 Å². The first kappa shape index (κ1) is 17.6. The van der Waals surface area contributed by atoms with Gasteiger partial charge in [0.15, 0.2) is 0 Å². The summed E-state index contributed by atoms with van der Waals surface area (Å²) in [6, 6.07) is 5.04. The van der Waals surface area contributed by atoms with Crippen LogP contribution in [0.2, 0.25) is 0 Å². The van der Waals surface area contributed by atoms with Gasteiger partial charge >= 0.3 is 0 Å². The maximum atomic E-state index is 6.17. The van der Waals surface area contributed by atoms with E-state index in [2.05, 4.69) is 51.0 Å². The molecule has 3 atom stereocenters. The highest BCUT2D eigenvalue weighted by molar-refractivity contribution is 5.21. The van der Waals surface area contributed by atoms with Crippen LogP contribution in [-0.2, 0) is 24.6 Å². The van der Waals surface area contributed by atoms with Crippen molar-refractivity contribution in [1.29, 1.82) is 0 Å². The summed E-state index contributed by atoms with van der Waals surface area (Å²) in [5.74, 6) is 0. The van der Waals surface area contributed by atoms with Crippen LogP contribution in [0.4, 0.5) is 0 Å². The molecule has 3 heterocycles. The van der Waals surface area contributed by atoms with Crippen LogP contribution in [0.25, 0.3) is 0 Å². The van der Waals surface area contributed by atoms with Gasteiger partial charge in [-0.2, -0.15) is 0 Å². The Hall–Kier alpha value is -1.76. The number of imidazole rings is 1. The molecule has 26 heavy (non-hydrogen) atoms. The van der Waals surface area contributed by atoms with Crippen molar-refractivity contribution in [2.24, 2.45) is 7.05 Å². The standard InChI is InChI=1S/C20H29N5O/c1-24-10-11-26-19(20(24)18-12-21-14-25(18)2)13-23-16-6-5-15-4-3-9-22-17(15)8-7-16/h3-4,9,12,14,16,19-20,23H,5-8,10-11,13H2,1-2H3/t16?,19-,20-/m0/s1. The van der Waals surface area contributed by atoms with Crippen LogP contribution in [0.5, 0.6) is 0 Å². The Bertz CT molecular complexity index is 703. The zero-order valence-corrected chi connectivity index (χ0v) is 15.8. The van der Waals surface area contributed by atoms with Crippen molar-refractivity contribution >= 4 is 0 Å². The maximum absolute atomic E-state index is 6.17. The van der Waals surface area contributed by atoms with Crippen LogP contribution < -0.4 is 5.32 Å². The molecule has 0 amide bonds. The summed E-state index contributed by atoms with van der Waals surface area (Å²) in [4.78, 5) is 11.3. The zero-order valence-electron chi connectivity index (χ0n) is 15.8. The average molecular weight is 355 g/mol. The number of nitrogens with one attached hydrogen (secondary N) is 1. The van der Waals surface area contributed by atoms with Crippen LogP contribution in [0.15, 0.2) is 30.9 Å².